The third-order valence-corrected chi connectivity index (χ3v) is 2.00. The number of rotatable bonds is 3. The third-order valence-electron chi connectivity index (χ3n) is 2.00. The van der Waals surface area contributed by atoms with Gasteiger partial charge in [-0.1, -0.05) is 30.3 Å². The van der Waals surface area contributed by atoms with E-state index >= 15 is 0 Å². The monoisotopic (exact) mass is 225 g/mol. The molecule has 0 aliphatic heterocycles. The second-order valence-electron chi connectivity index (χ2n) is 3.23. The van der Waals surface area contributed by atoms with E-state index in [0.29, 0.717) is 5.69 Å². The highest BCUT2D eigenvalue weighted by Gasteiger charge is 1.97. The zero-order valence-corrected chi connectivity index (χ0v) is 9.06. The average Bonchev–Trinajstić information content (AvgIpc) is 2.41. The minimum Gasteiger partial charge on any atom is -0.380 e. The fourth-order valence-electron chi connectivity index (χ4n) is 1.18. The van der Waals surface area contributed by atoms with Crippen LogP contribution >= 0.6 is 0 Å². The number of nitrogens with two attached hydrogens (primary N) is 1. The largest absolute Gasteiger partial charge is 0.380 e. The second-order valence-corrected chi connectivity index (χ2v) is 3.23. The summed E-state index contributed by atoms with van der Waals surface area (Å²) in [5.41, 5.74) is 7.17. The Morgan fingerprint density at radius 2 is 2.00 bits per heavy atom. The Bertz CT molecular complexity index is 519. The van der Waals surface area contributed by atoms with Crippen LogP contribution in [0.1, 0.15) is 11.3 Å². The summed E-state index contributed by atoms with van der Waals surface area (Å²) in [5, 5.41) is 7.74. The molecule has 0 atom stereocenters. The molecule has 2 aromatic rings. The predicted octanol–water partition coefficient (Wildman–Crippen LogP) is 1.22. The molecule has 84 valence electrons. The Morgan fingerprint density at radius 3 is 2.71 bits per heavy atom. The van der Waals surface area contributed by atoms with Crippen molar-refractivity contribution >= 4 is 12.1 Å². The van der Waals surface area contributed by atoms with Crippen LogP contribution in [0.15, 0.2) is 59.1 Å². The molecule has 2 rings (SSSR count). The van der Waals surface area contributed by atoms with Gasteiger partial charge in [-0.25, -0.2) is 4.98 Å². The van der Waals surface area contributed by atoms with Crippen LogP contribution in [0.2, 0.25) is 0 Å². The molecule has 0 amide bonds. The van der Waals surface area contributed by atoms with Gasteiger partial charge < -0.3 is 5.73 Å². The van der Waals surface area contributed by atoms with Crippen molar-refractivity contribution in [1.29, 1.82) is 0 Å². The number of aromatic nitrogens is 2. The summed E-state index contributed by atoms with van der Waals surface area (Å²) in [6, 6.07) is 9.65. The Labute approximate surface area is 98.8 Å². The van der Waals surface area contributed by atoms with Gasteiger partial charge in [-0.2, -0.15) is 5.10 Å². The van der Waals surface area contributed by atoms with Crippen LogP contribution in [0.25, 0.3) is 0 Å². The standard InChI is InChI=1S/C12H11N5/c13-12(11-9-14-6-7-15-11)17-16-8-10-4-2-1-3-5-10/h1-9H,(H2,13,17)/b16-8+. The lowest BCUT2D eigenvalue weighted by Crippen LogP contribution is -2.14. The van der Waals surface area contributed by atoms with E-state index in [0.717, 1.165) is 5.56 Å². The number of hydrogen-bond donors (Lipinski definition) is 1. The van der Waals surface area contributed by atoms with Crippen molar-refractivity contribution < 1.29 is 0 Å². The second kappa shape index (κ2) is 5.50. The molecule has 0 unspecified atom stereocenters. The van der Waals surface area contributed by atoms with E-state index in [-0.39, 0.29) is 5.84 Å². The SMILES string of the molecule is N/C(=N\N=C\c1ccccc1)c1cnccn1. The Hall–Kier alpha value is -2.56. The van der Waals surface area contributed by atoms with E-state index in [4.69, 9.17) is 5.73 Å². The molecule has 0 saturated heterocycles. The van der Waals surface area contributed by atoms with Crippen molar-refractivity contribution in [3.8, 4) is 0 Å². The van der Waals surface area contributed by atoms with Gasteiger partial charge in [-0.3, -0.25) is 4.98 Å². The van der Waals surface area contributed by atoms with E-state index in [1.807, 2.05) is 30.3 Å². The maximum atomic E-state index is 5.69. The molecule has 17 heavy (non-hydrogen) atoms. The van der Waals surface area contributed by atoms with E-state index in [9.17, 15) is 0 Å². The lowest BCUT2D eigenvalue weighted by Gasteiger charge is -1.94. The molecule has 1 heterocycles. The zero-order valence-electron chi connectivity index (χ0n) is 9.06. The van der Waals surface area contributed by atoms with Gasteiger partial charge in [-0.05, 0) is 5.56 Å². The van der Waals surface area contributed by atoms with Crippen LogP contribution in [0.4, 0.5) is 0 Å². The highest BCUT2D eigenvalue weighted by Crippen LogP contribution is 1.95. The molecule has 2 N–H and O–H groups in total. The van der Waals surface area contributed by atoms with E-state index < -0.39 is 0 Å². The molecule has 0 spiro atoms. The molecule has 5 heteroatoms. The van der Waals surface area contributed by atoms with Gasteiger partial charge in [0.2, 0.25) is 0 Å². The number of benzene rings is 1. The van der Waals surface area contributed by atoms with Gasteiger partial charge >= 0.3 is 0 Å². The minimum absolute atomic E-state index is 0.241. The number of amidine groups is 1. The summed E-state index contributed by atoms with van der Waals surface area (Å²) in [7, 11) is 0. The normalized spacial score (nSPS) is 11.9. The molecule has 0 fully saturated rings. The smallest absolute Gasteiger partial charge is 0.173 e. The van der Waals surface area contributed by atoms with Gasteiger partial charge in [-0.15, -0.1) is 5.10 Å². The molecular formula is C12H11N5. The van der Waals surface area contributed by atoms with Crippen molar-refractivity contribution in [2.75, 3.05) is 0 Å². The summed E-state index contributed by atoms with van der Waals surface area (Å²) in [6.07, 6.45) is 6.29. The summed E-state index contributed by atoms with van der Waals surface area (Å²) in [5.74, 6) is 0.241. The summed E-state index contributed by atoms with van der Waals surface area (Å²) >= 11 is 0. The van der Waals surface area contributed by atoms with Gasteiger partial charge in [0.25, 0.3) is 0 Å². The lowest BCUT2D eigenvalue weighted by molar-refractivity contribution is 1.15. The van der Waals surface area contributed by atoms with Gasteiger partial charge in [0, 0.05) is 12.4 Å². The molecule has 1 aromatic heterocycles. The van der Waals surface area contributed by atoms with Gasteiger partial charge in [0.05, 0.1) is 12.4 Å². The quantitative estimate of drug-likeness (QED) is 0.484. The van der Waals surface area contributed by atoms with Crippen LogP contribution in [0.3, 0.4) is 0 Å². The average molecular weight is 225 g/mol. The molecule has 0 aliphatic rings. The first-order chi connectivity index (χ1) is 8.36. The van der Waals surface area contributed by atoms with Crippen molar-refractivity contribution in [3.63, 3.8) is 0 Å². The van der Waals surface area contributed by atoms with E-state index in [2.05, 4.69) is 20.2 Å². The van der Waals surface area contributed by atoms with E-state index in [1.165, 1.54) is 6.20 Å². The van der Waals surface area contributed by atoms with Crippen LogP contribution in [0.5, 0.6) is 0 Å². The molecule has 0 saturated carbocycles. The first kappa shape index (κ1) is 10.9. The van der Waals surface area contributed by atoms with Crippen LogP contribution in [-0.2, 0) is 0 Å². The molecule has 0 radical (unpaired) electrons. The summed E-state index contributed by atoms with van der Waals surface area (Å²) in [6.45, 7) is 0. The summed E-state index contributed by atoms with van der Waals surface area (Å²) in [4.78, 5) is 7.91. The first-order valence-corrected chi connectivity index (χ1v) is 5.04. The molecule has 5 nitrogen and oxygen atoms in total. The molecule has 1 aromatic carbocycles. The maximum Gasteiger partial charge on any atom is 0.173 e. The van der Waals surface area contributed by atoms with Crippen LogP contribution in [0, 0.1) is 0 Å². The number of nitrogens with zero attached hydrogens (tertiary/aromatic N) is 4. The van der Waals surface area contributed by atoms with Crippen molar-refractivity contribution in [2.24, 2.45) is 15.9 Å². The fourth-order valence-corrected chi connectivity index (χ4v) is 1.18. The lowest BCUT2D eigenvalue weighted by atomic mass is 10.2. The van der Waals surface area contributed by atoms with E-state index in [1.54, 1.807) is 18.6 Å². The highest BCUT2D eigenvalue weighted by molar-refractivity contribution is 5.95. The summed E-state index contributed by atoms with van der Waals surface area (Å²) < 4.78 is 0. The zero-order chi connectivity index (χ0) is 11.9. The van der Waals surface area contributed by atoms with Crippen molar-refractivity contribution in [1.82, 2.24) is 9.97 Å². The fraction of sp³-hybridized carbons (Fsp3) is 0. The van der Waals surface area contributed by atoms with Crippen LogP contribution in [-0.4, -0.2) is 22.0 Å². The Morgan fingerprint density at radius 1 is 1.18 bits per heavy atom. The van der Waals surface area contributed by atoms with Crippen LogP contribution < -0.4 is 5.73 Å². The van der Waals surface area contributed by atoms with Gasteiger partial charge in [0.1, 0.15) is 5.69 Å². The van der Waals surface area contributed by atoms with Crippen molar-refractivity contribution in [2.45, 2.75) is 0 Å². The third kappa shape index (κ3) is 3.20. The molecule has 0 aliphatic carbocycles. The van der Waals surface area contributed by atoms with Crippen molar-refractivity contribution in [3.05, 3.63) is 60.2 Å². The van der Waals surface area contributed by atoms with Gasteiger partial charge in [0.15, 0.2) is 5.84 Å². The molecule has 0 bridgehead atoms. The topological polar surface area (TPSA) is 76.5 Å². The molecular weight excluding hydrogens is 214 g/mol. The minimum atomic E-state index is 0.241. The first-order valence-electron chi connectivity index (χ1n) is 5.04. The predicted molar refractivity (Wildman–Crippen MR) is 66.8 cm³/mol. The highest BCUT2D eigenvalue weighted by atomic mass is 15.2. The Kier molecular flexibility index (Phi) is 3.54. The number of hydrogen-bond acceptors (Lipinski definition) is 4. The maximum absolute atomic E-state index is 5.69. The Balaban J connectivity index is 2.09.